The molecule has 111 heavy (non-hydrogen) atoms. The molecule has 12 fully saturated rings. The van der Waals surface area contributed by atoms with Crippen molar-refractivity contribution in [3.63, 3.8) is 0 Å². The van der Waals surface area contributed by atoms with Crippen LogP contribution in [0.4, 0.5) is 0 Å². The third-order valence-corrected chi connectivity index (χ3v) is 29.6. The van der Waals surface area contributed by atoms with Gasteiger partial charge in [-0.05, 0) is 298 Å². The van der Waals surface area contributed by atoms with Crippen molar-refractivity contribution in [2.24, 2.45) is 51.8 Å². The summed E-state index contributed by atoms with van der Waals surface area (Å²) in [7, 11) is -1.85. The molecule has 0 spiro atoms. The van der Waals surface area contributed by atoms with Crippen molar-refractivity contribution in [1.82, 2.24) is 15.0 Å². The molecule has 9 nitrogen and oxygen atoms in total. The average Bonchev–Trinajstić information content (AvgIpc) is 1.62. The highest BCUT2D eigenvalue weighted by molar-refractivity contribution is 6.65. The molecule has 10 aromatic rings. The Balaban J connectivity index is 0.811. The predicted molar refractivity (Wildman–Crippen MR) is 454 cm³/mol. The van der Waals surface area contributed by atoms with Gasteiger partial charge in [-0.3, -0.25) is 15.0 Å². The van der Waals surface area contributed by atoms with E-state index in [1.165, 1.54) is 36.0 Å². The summed E-state index contributed by atoms with van der Waals surface area (Å²) in [5.74, 6) is 2.97. The predicted octanol–water partition coefficient (Wildman–Crippen LogP) is 21.6. The van der Waals surface area contributed by atoms with Crippen LogP contribution in [0.5, 0.6) is 0 Å². The maximum Gasteiger partial charge on any atom is 0.495 e. The molecule has 7 aromatic carbocycles. The minimum Gasteiger partial charge on any atom is -0.401 e. The molecule has 22 rings (SSSR count). The van der Waals surface area contributed by atoms with Crippen molar-refractivity contribution < 1.29 is 27.9 Å². The van der Waals surface area contributed by atoms with Crippen LogP contribution in [0.2, 0.25) is 0 Å². The van der Waals surface area contributed by atoms with Gasteiger partial charge in [-0.15, -0.1) is 0 Å². The number of aromatic nitrogens is 3. The highest BCUT2D eigenvalue weighted by Crippen LogP contribution is 2.68. The lowest BCUT2D eigenvalue weighted by molar-refractivity contribution is -0.185. The standard InChI is InChI=1S/C99H108B3N3O6/c1-91(2,3)64-37-40-103-85(52-64)58-31-34-76(82(46-58)100-106-88-79-49-67(94(79,10)11)55-97(88,16)109-100)73-28-22-19-25-70(73)61-43-62(71-26-20-23-29-74(71)77-35-32-59(86-53-65(38-41-104-86)92(4,5)6)47-83(77)101-107-89-80-50-68(95(80,12)13)56-98(89,17)110-101)45-63(44-61)72-27-21-24-30-75(72)78-36-33-60(87-54-66(39-42-105-87)93(7,8)9)48-84(78)102-108-90-81-51-69(96(81,14)15)57-99(90,18)111-102/h19-48,52-54,67-69,79-81,88-90H,49-51,55-57H2,1-18H3/t67-,68?,69?,79+,80+,81+,88-,89-,90-,97+,98+,99+/m1/s1. The van der Waals surface area contributed by atoms with Gasteiger partial charge in [0, 0.05) is 18.6 Å². The molecule has 6 heterocycles. The van der Waals surface area contributed by atoms with E-state index in [0.717, 1.165) is 136 Å². The van der Waals surface area contributed by atoms with Gasteiger partial charge in [-0.25, -0.2) is 0 Å². The first kappa shape index (κ1) is 73.1. The zero-order valence-corrected chi connectivity index (χ0v) is 68.5. The topological polar surface area (TPSA) is 94.1 Å². The van der Waals surface area contributed by atoms with Crippen LogP contribution in [-0.2, 0) is 44.2 Å². The maximum absolute atomic E-state index is 7.49. The first-order valence-corrected chi connectivity index (χ1v) is 41.4. The minimum atomic E-state index is -0.615. The second kappa shape index (κ2) is 25.5. The van der Waals surface area contributed by atoms with Gasteiger partial charge in [-0.2, -0.15) is 0 Å². The van der Waals surface area contributed by atoms with E-state index in [-0.39, 0.29) is 50.8 Å². The molecular weight excluding hydrogens is 1360 g/mol. The van der Waals surface area contributed by atoms with E-state index in [1.54, 1.807) is 0 Å². The van der Waals surface area contributed by atoms with Crippen LogP contribution >= 0.6 is 0 Å². The van der Waals surface area contributed by atoms with E-state index < -0.39 is 38.2 Å². The van der Waals surface area contributed by atoms with Gasteiger partial charge in [-0.1, -0.05) is 231 Å². The normalized spacial score (nSPS) is 28.4. The van der Waals surface area contributed by atoms with Gasteiger partial charge in [0.15, 0.2) is 0 Å². The van der Waals surface area contributed by atoms with Gasteiger partial charge >= 0.3 is 21.4 Å². The highest BCUT2D eigenvalue weighted by atomic mass is 16.7. The van der Waals surface area contributed by atoms with Crippen molar-refractivity contribution in [1.29, 1.82) is 0 Å². The van der Waals surface area contributed by atoms with E-state index in [4.69, 9.17) is 42.9 Å². The largest absolute Gasteiger partial charge is 0.495 e. The third-order valence-electron chi connectivity index (χ3n) is 29.6. The molecule has 9 aliphatic carbocycles. The van der Waals surface area contributed by atoms with E-state index in [0.29, 0.717) is 35.5 Å². The van der Waals surface area contributed by atoms with Crippen molar-refractivity contribution in [3.05, 3.63) is 217 Å². The van der Waals surface area contributed by atoms with Crippen molar-refractivity contribution >= 4 is 37.7 Å². The Bertz CT molecular complexity index is 4880. The summed E-state index contributed by atoms with van der Waals surface area (Å²) in [5.41, 5.74) is 24.5. The Morgan fingerprint density at radius 1 is 0.297 bits per heavy atom. The Kier molecular flexibility index (Phi) is 16.8. The van der Waals surface area contributed by atoms with E-state index in [1.807, 2.05) is 18.6 Å². The number of nitrogens with zero attached hydrogens (tertiary/aromatic N) is 3. The van der Waals surface area contributed by atoms with Gasteiger partial charge in [0.25, 0.3) is 0 Å². The van der Waals surface area contributed by atoms with Gasteiger partial charge in [0.2, 0.25) is 0 Å². The summed E-state index contributed by atoms with van der Waals surface area (Å²) in [5, 5.41) is 0. The lowest BCUT2D eigenvalue weighted by atomic mass is 9.45. The smallest absolute Gasteiger partial charge is 0.401 e. The number of hydrogen-bond acceptors (Lipinski definition) is 9. The van der Waals surface area contributed by atoms with Crippen LogP contribution in [0, 0.1) is 51.8 Å². The van der Waals surface area contributed by atoms with Gasteiger partial charge in [0.1, 0.15) is 0 Å². The quantitative estimate of drug-likeness (QED) is 0.111. The van der Waals surface area contributed by atoms with E-state index in [9.17, 15) is 0 Å². The van der Waals surface area contributed by atoms with Crippen LogP contribution in [0.25, 0.3) is 101 Å². The fraction of sp³-hybridized carbons (Fsp3) is 0.424. The molecule has 2 unspecified atom stereocenters. The average molecular weight is 1470 g/mol. The Morgan fingerprint density at radius 2 is 0.559 bits per heavy atom. The summed E-state index contributed by atoms with van der Waals surface area (Å²) >= 11 is 0. The number of pyridine rings is 3. The fourth-order valence-corrected chi connectivity index (χ4v) is 22.2. The third kappa shape index (κ3) is 11.9. The van der Waals surface area contributed by atoms with Crippen LogP contribution in [-0.4, -0.2) is 71.4 Å². The maximum atomic E-state index is 7.49. The van der Waals surface area contributed by atoms with Crippen LogP contribution in [0.15, 0.2) is 201 Å². The Labute approximate surface area is 660 Å². The molecule has 12 atom stereocenters. The van der Waals surface area contributed by atoms with Crippen LogP contribution in [0.3, 0.4) is 0 Å². The zero-order valence-electron chi connectivity index (χ0n) is 68.5. The second-order valence-electron chi connectivity index (χ2n) is 40.5. The van der Waals surface area contributed by atoms with Crippen LogP contribution in [0.1, 0.15) is 180 Å². The molecule has 0 radical (unpaired) electrons. The van der Waals surface area contributed by atoms with Crippen molar-refractivity contribution in [2.45, 2.75) is 215 Å². The first-order chi connectivity index (χ1) is 52.6. The molecule has 12 heteroatoms. The molecule has 6 bridgehead atoms. The van der Waals surface area contributed by atoms with Crippen molar-refractivity contribution in [3.8, 4) is 101 Å². The lowest BCUT2D eigenvalue weighted by Crippen LogP contribution is -2.63. The molecule has 9 saturated carbocycles. The number of rotatable bonds is 12. The SMILES string of the molecule is CC(C)(C)c1ccnc(-c2ccc(-c3ccccc3-c3cc(-c4ccccc4-c4ccc(-c5cc(C(C)(C)C)ccn5)cc4B4O[C@@H]5[C@@H]6CC(C[C@]5(C)O4)C6(C)C)cc(-c4ccccc4-c4ccc(-c5cc(C(C)(C)C)ccn5)cc4B4O[C@@H]5[C@@H]6C[C@H](C[C@]5(C)O4)C6(C)C)c3)c(B3O[C@@H]4[C@@H]5CC(C[C@]4(C)O3)C5(C)C)c2)c1. The number of hydrogen-bond donors (Lipinski definition) is 0. The van der Waals surface area contributed by atoms with Gasteiger partial charge in [0.05, 0.1) is 52.2 Å². The first-order valence-electron chi connectivity index (χ1n) is 41.4. The summed E-state index contributed by atoms with van der Waals surface area (Å²) in [6, 6.07) is 68.3. The van der Waals surface area contributed by atoms with Gasteiger partial charge < -0.3 is 27.9 Å². The molecular formula is C99H108B3N3O6. The minimum absolute atomic E-state index is 0.0366. The Morgan fingerprint density at radius 3 is 0.811 bits per heavy atom. The lowest BCUT2D eigenvalue weighted by Gasteiger charge is -2.63. The summed E-state index contributed by atoms with van der Waals surface area (Å²) < 4.78 is 44.9. The molecule has 0 N–H and O–H groups in total. The molecule has 12 aliphatic rings. The number of benzene rings is 7. The molecule has 0 amide bonds. The van der Waals surface area contributed by atoms with E-state index >= 15 is 0 Å². The molecule has 3 saturated heterocycles. The monoisotopic (exact) mass is 1470 g/mol. The highest BCUT2D eigenvalue weighted by Gasteiger charge is 2.70. The van der Waals surface area contributed by atoms with E-state index in [2.05, 4.69) is 307 Å². The summed E-state index contributed by atoms with van der Waals surface area (Å²) in [6.07, 6.45) is 12.2. The second-order valence-corrected chi connectivity index (χ2v) is 40.5. The van der Waals surface area contributed by atoms with Crippen LogP contribution < -0.4 is 16.4 Å². The summed E-state index contributed by atoms with van der Waals surface area (Å²) in [6.45, 7) is 42.0. The fourth-order valence-electron chi connectivity index (χ4n) is 22.2. The van der Waals surface area contributed by atoms with Crippen molar-refractivity contribution in [2.75, 3.05) is 0 Å². The Hall–Kier alpha value is -8.06. The summed E-state index contributed by atoms with van der Waals surface area (Å²) in [4.78, 5) is 15.2. The molecule has 3 aliphatic heterocycles. The molecule has 3 aromatic heterocycles. The zero-order chi connectivity index (χ0) is 77.2. The molecule has 564 valence electrons.